The number of aromatic nitrogens is 2. The summed E-state index contributed by atoms with van der Waals surface area (Å²) in [5.74, 6) is 0. The second-order valence-corrected chi connectivity index (χ2v) is 7.39. The second kappa shape index (κ2) is 7.99. The Morgan fingerprint density at radius 1 is 1.26 bits per heavy atom. The van der Waals surface area contributed by atoms with Gasteiger partial charge in [-0.2, -0.15) is 0 Å². The molecule has 0 saturated carbocycles. The third kappa shape index (κ3) is 4.59. The molecular weight excluding hydrogens is 304 g/mol. The molecule has 23 heavy (non-hydrogen) atoms. The summed E-state index contributed by atoms with van der Waals surface area (Å²) >= 11 is 1.74. The lowest BCUT2D eigenvalue weighted by atomic mass is 10.0. The fourth-order valence-corrected chi connectivity index (χ4v) is 3.85. The molecule has 5 heteroatoms. The topological polar surface area (TPSA) is 41.0 Å². The summed E-state index contributed by atoms with van der Waals surface area (Å²) in [6, 6.07) is 7.30. The van der Waals surface area contributed by atoms with Gasteiger partial charge in [0, 0.05) is 36.6 Å². The number of nitrogens with one attached hydrogen (secondary N) is 1. The molecule has 0 radical (unpaired) electrons. The molecule has 1 fully saturated rings. The number of piperidine rings is 1. The van der Waals surface area contributed by atoms with E-state index in [1.807, 2.05) is 24.4 Å². The zero-order chi connectivity index (χ0) is 16.1. The fraction of sp³-hybridized carbons (Fsp3) is 0.556. The largest absolute Gasteiger partial charge is 0.313 e. The van der Waals surface area contributed by atoms with E-state index < -0.39 is 0 Å². The van der Waals surface area contributed by atoms with Crippen molar-refractivity contribution in [1.29, 1.82) is 0 Å². The molecule has 3 heterocycles. The minimum atomic E-state index is 0.667. The average Bonchev–Trinajstić information content (AvgIpc) is 3.05. The smallest absolute Gasteiger partial charge is 0.0998 e. The van der Waals surface area contributed by atoms with Crippen molar-refractivity contribution in [1.82, 2.24) is 20.2 Å². The van der Waals surface area contributed by atoms with Crippen LogP contribution in [-0.4, -0.2) is 46.6 Å². The van der Waals surface area contributed by atoms with Gasteiger partial charge in [-0.3, -0.25) is 4.98 Å². The Hall–Kier alpha value is -1.30. The number of hydrogen-bond acceptors (Lipinski definition) is 5. The first kappa shape index (κ1) is 16.6. The molecule has 124 valence electrons. The van der Waals surface area contributed by atoms with Crippen molar-refractivity contribution in [2.45, 2.75) is 45.2 Å². The maximum atomic E-state index is 4.71. The summed E-state index contributed by atoms with van der Waals surface area (Å²) in [4.78, 5) is 11.6. The van der Waals surface area contributed by atoms with Crippen LogP contribution in [0.1, 0.15) is 31.7 Å². The van der Waals surface area contributed by atoms with Gasteiger partial charge < -0.3 is 10.2 Å². The summed E-state index contributed by atoms with van der Waals surface area (Å²) in [6.07, 6.45) is 5.34. The van der Waals surface area contributed by atoms with Crippen LogP contribution in [0.2, 0.25) is 0 Å². The Bertz CT molecular complexity index is 588. The molecule has 3 rings (SSSR count). The Morgan fingerprint density at radius 2 is 2.09 bits per heavy atom. The zero-order valence-corrected chi connectivity index (χ0v) is 14.9. The lowest BCUT2D eigenvalue weighted by molar-refractivity contribution is 0.161. The van der Waals surface area contributed by atoms with E-state index in [-0.39, 0.29) is 0 Å². The summed E-state index contributed by atoms with van der Waals surface area (Å²) in [6.45, 7) is 8.03. The van der Waals surface area contributed by atoms with Gasteiger partial charge in [-0.1, -0.05) is 6.07 Å². The molecule has 0 spiro atoms. The molecular formula is C18H26N4S. The summed E-state index contributed by atoms with van der Waals surface area (Å²) in [5.41, 5.74) is 1.96. The first-order chi connectivity index (χ1) is 11.2. The number of rotatable bonds is 6. The first-order valence-corrected chi connectivity index (χ1v) is 9.43. The highest BCUT2D eigenvalue weighted by Crippen LogP contribution is 2.20. The van der Waals surface area contributed by atoms with E-state index in [0.717, 1.165) is 24.4 Å². The van der Waals surface area contributed by atoms with Crippen LogP contribution < -0.4 is 5.32 Å². The van der Waals surface area contributed by atoms with E-state index in [9.17, 15) is 0 Å². The Morgan fingerprint density at radius 3 is 2.78 bits per heavy atom. The molecule has 0 atom stereocenters. The van der Waals surface area contributed by atoms with Crippen LogP contribution in [0.4, 0.5) is 0 Å². The van der Waals surface area contributed by atoms with Gasteiger partial charge in [-0.15, -0.1) is 11.3 Å². The Balaban J connectivity index is 1.43. The number of thiazole rings is 1. The molecule has 4 nitrogen and oxygen atoms in total. The van der Waals surface area contributed by atoms with Gasteiger partial charge in [-0.05, 0) is 51.9 Å². The maximum Gasteiger partial charge on any atom is 0.0998 e. The monoisotopic (exact) mass is 330 g/mol. The van der Waals surface area contributed by atoms with Crippen LogP contribution in [-0.2, 0) is 6.42 Å². The molecule has 0 amide bonds. The molecule has 0 aromatic carbocycles. The number of hydrogen-bond donors (Lipinski definition) is 1. The van der Waals surface area contributed by atoms with E-state index in [4.69, 9.17) is 4.98 Å². The average molecular weight is 331 g/mol. The van der Waals surface area contributed by atoms with Crippen LogP contribution in [0, 0.1) is 0 Å². The van der Waals surface area contributed by atoms with Gasteiger partial charge >= 0.3 is 0 Å². The molecule has 0 aliphatic carbocycles. The SMILES string of the molecule is CC(C)N1CCC(NCCc2nc(-c3ccccn3)cs2)CC1. The summed E-state index contributed by atoms with van der Waals surface area (Å²) in [5, 5.41) is 7.01. The first-order valence-electron chi connectivity index (χ1n) is 8.55. The summed E-state index contributed by atoms with van der Waals surface area (Å²) < 4.78 is 0. The molecule has 1 saturated heterocycles. The van der Waals surface area contributed by atoms with Gasteiger partial charge in [0.05, 0.1) is 16.4 Å². The highest BCUT2D eigenvalue weighted by atomic mass is 32.1. The number of likely N-dealkylation sites (tertiary alicyclic amines) is 1. The molecule has 1 aliphatic rings. The highest BCUT2D eigenvalue weighted by Gasteiger charge is 2.20. The van der Waals surface area contributed by atoms with E-state index in [1.54, 1.807) is 11.3 Å². The molecule has 1 N–H and O–H groups in total. The zero-order valence-electron chi connectivity index (χ0n) is 14.0. The third-order valence-electron chi connectivity index (χ3n) is 4.51. The van der Waals surface area contributed by atoms with Crippen LogP contribution in [0.25, 0.3) is 11.4 Å². The fourth-order valence-electron chi connectivity index (χ4n) is 3.06. The molecule has 0 bridgehead atoms. The normalized spacial score (nSPS) is 17.0. The number of nitrogens with zero attached hydrogens (tertiary/aromatic N) is 3. The van der Waals surface area contributed by atoms with Crippen LogP contribution in [0.15, 0.2) is 29.8 Å². The van der Waals surface area contributed by atoms with E-state index in [1.165, 1.54) is 30.9 Å². The van der Waals surface area contributed by atoms with Crippen molar-refractivity contribution in [3.63, 3.8) is 0 Å². The quantitative estimate of drug-likeness (QED) is 0.883. The highest BCUT2D eigenvalue weighted by molar-refractivity contribution is 7.09. The van der Waals surface area contributed by atoms with Crippen molar-refractivity contribution in [2.75, 3.05) is 19.6 Å². The third-order valence-corrected chi connectivity index (χ3v) is 5.42. The van der Waals surface area contributed by atoms with Gasteiger partial charge in [0.2, 0.25) is 0 Å². The van der Waals surface area contributed by atoms with Crippen molar-refractivity contribution >= 4 is 11.3 Å². The maximum absolute atomic E-state index is 4.71. The minimum absolute atomic E-state index is 0.667. The molecule has 2 aromatic heterocycles. The predicted molar refractivity (Wildman–Crippen MR) is 96.8 cm³/mol. The molecule has 1 aliphatic heterocycles. The minimum Gasteiger partial charge on any atom is -0.313 e. The van der Waals surface area contributed by atoms with E-state index >= 15 is 0 Å². The van der Waals surface area contributed by atoms with E-state index in [2.05, 4.69) is 34.4 Å². The van der Waals surface area contributed by atoms with Gasteiger partial charge in [-0.25, -0.2) is 4.98 Å². The van der Waals surface area contributed by atoms with Gasteiger partial charge in [0.25, 0.3) is 0 Å². The van der Waals surface area contributed by atoms with Crippen molar-refractivity contribution in [2.24, 2.45) is 0 Å². The standard InChI is InChI=1S/C18H26N4S/c1-14(2)22-11-7-15(8-12-22)19-10-6-18-21-17(13-23-18)16-5-3-4-9-20-16/h3-5,9,13-15,19H,6-8,10-12H2,1-2H3. The van der Waals surface area contributed by atoms with Crippen molar-refractivity contribution in [3.8, 4) is 11.4 Å². The van der Waals surface area contributed by atoms with Crippen LogP contribution in [0.3, 0.4) is 0 Å². The molecule has 0 unspecified atom stereocenters. The van der Waals surface area contributed by atoms with Crippen molar-refractivity contribution < 1.29 is 0 Å². The van der Waals surface area contributed by atoms with Crippen molar-refractivity contribution in [3.05, 3.63) is 34.8 Å². The Labute approximate surface area is 143 Å². The lowest BCUT2D eigenvalue weighted by Crippen LogP contribution is -2.45. The predicted octanol–water partition coefficient (Wildman–Crippen LogP) is 3.21. The van der Waals surface area contributed by atoms with Gasteiger partial charge in [0.15, 0.2) is 0 Å². The number of pyridine rings is 1. The molecule has 2 aromatic rings. The van der Waals surface area contributed by atoms with Crippen LogP contribution in [0.5, 0.6) is 0 Å². The van der Waals surface area contributed by atoms with E-state index in [0.29, 0.717) is 12.1 Å². The lowest BCUT2D eigenvalue weighted by Gasteiger charge is -2.35. The Kier molecular flexibility index (Phi) is 5.75. The second-order valence-electron chi connectivity index (χ2n) is 6.45. The van der Waals surface area contributed by atoms with Gasteiger partial charge in [0.1, 0.15) is 0 Å². The van der Waals surface area contributed by atoms with Crippen LogP contribution >= 0.6 is 11.3 Å². The summed E-state index contributed by atoms with van der Waals surface area (Å²) in [7, 11) is 0.